The maximum atomic E-state index is 13.4. The van der Waals surface area contributed by atoms with Gasteiger partial charge in [-0.1, -0.05) is 37.6 Å². The number of alkyl halides is 3. The molecule has 3 rings (SSSR count). The lowest BCUT2D eigenvalue weighted by Crippen LogP contribution is -2.47. The minimum atomic E-state index is -4.76. The molecule has 0 bridgehead atoms. The van der Waals surface area contributed by atoms with Gasteiger partial charge >= 0.3 is 12.3 Å². The number of hydrogen-bond acceptors (Lipinski definition) is 6. The van der Waals surface area contributed by atoms with E-state index in [4.69, 9.17) is 4.74 Å². The Balaban J connectivity index is 1.68. The normalized spacial score (nSPS) is 17.4. The molecule has 0 aliphatic heterocycles. The molecule has 1 fully saturated rings. The zero-order chi connectivity index (χ0) is 32.0. The Morgan fingerprint density at radius 2 is 1.67 bits per heavy atom. The SMILES string of the molecule is C=Cc1ccc(S(=O)(=O)C[C@H]2CCCC[C@@H]2NC(=O)CNC(=O)c2cc(C(F)(F)F)ccc2NC(=O)OC(C)(C)C)cc1. The molecule has 1 aliphatic carbocycles. The van der Waals surface area contributed by atoms with Crippen molar-refractivity contribution in [2.45, 2.75) is 69.2 Å². The molecule has 3 amide bonds. The van der Waals surface area contributed by atoms with Crippen LogP contribution in [0.4, 0.5) is 23.7 Å². The quantitative estimate of drug-likeness (QED) is 0.335. The second-order valence-corrected chi connectivity index (χ2v) is 13.4. The van der Waals surface area contributed by atoms with Gasteiger partial charge in [0.05, 0.1) is 34.0 Å². The van der Waals surface area contributed by atoms with Crippen molar-refractivity contribution in [1.29, 1.82) is 0 Å². The third-order valence-electron chi connectivity index (χ3n) is 6.80. The van der Waals surface area contributed by atoms with E-state index < -0.39 is 63.2 Å². The Morgan fingerprint density at radius 3 is 2.28 bits per heavy atom. The van der Waals surface area contributed by atoms with Gasteiger partial charge < -0.3 is 15.4 Å². The van der Waals surface area contributed by atoms with Crippen LogP contribution in [0.15, 0.2) is 53.9 Å². The molecule has 2 aromatic carbocycles. The summed E-state index contributed by atoms with van der Waals surface area (Å²) < 4.78 is 71.4. The van der Waals surface area contributed by atoms with Crippen LogP contribution >= 0.6 is 0 Å². The number of rotatable bonds is 9. The maximum absolute atomic E-state index is 13.4. The van der Waals surface area contributed by atoms with Gasteiger partial charge in [-0.25, -0.2) is 13.2 Å². The molecule has 0 saturated heterocycles. The lowest BCUT2D eigenvalue weighted by atomic mass is 9.86. The molecule has 234 valence electrons. The Morgan fingerprint density at radius 1 is 1.02 bits per heavy atom. The number of hydrogen-bond donors (Lipinski definition) is 3. The number of ether oxygens (including phenoxy) is 1. The third-order valence-corrected chi connectivity index (χ3v) is 8.66. The largest absolute Gasteiger partial charge is 0.444 e. The number of anilines is 1. The summed E-state index contributed by atoms with van der Waals surface area (Å²) in [6.45, 7) is 7.86. The molecule has 3 N–H and O–H groups in total. The number of carbonyl (C=O) groups is 3. The van der Waals surface area contributed by atoms with Crippen molar-refractivity contribution < 1.29 is 40.7 Å². The number of amides is 3. The van der Waals surface area contributed by atoms with Gasteiger partial charge in [-0.05, 0) is 75.4 Å². The summed E-state index contributed by atoms with van der Waals surface area (Å²) >= 11 is 0. The van der Waals surface area contributed by atoms with E-state index in [-0.39, 0.29) is 22.3 Å². The molecular formula is C30H36F3N3O6S. The summed E-state index contributed by atoms with van der Waals surface area (Å²) in [5, 5.41) is 7.34. The molecule has 9 nitrogen and oxygen atoms in total. The number of sulfone groups is 1. The van der Waals surface area contributed by atoms with Gasteiger partial charge in [-0.3, -0.25) is 14.9 Å². The first kappa shape index (κ1) is 33.6. The first-order chi connectivity index (χ1) is 20.0. The van der Waals surface area contributed by atoms with Crippen LogP contribution in [0.1, 0.15) is 67.9 Å². The predicted molar refractivity (Wildman–Crippen MR) is 156 cm³/mol. The average Bonchev–Trinajstić information content (AvgIpc) is 2.91. The molecule has 1 aliphatic rings. The number of nitrogens with one attached hydrogen (secondary N) is 3. The van der Waals surface area contributed by atoms with Crippen molar-refractivity contribution in [1.82, 2.24) is 10.6 Å². The van der Waals surface area contributed by atoms with Crippen LogP contribution in [0.5, 0.6) is 0 Å². The lowest BCUT2D eigenvalue weighted by molar-refractivity contribution is -0.137. The van der Waals surface area contributed by atoms with E-state index in [1.165, 1.54) is 12.1 Å². The molecule has 0 spiro atoms. The summed E-state index contributed by atoms with van der Waals surface area (Å²) in [5.41, 5.74) is -2.00. The number of benzene rings is 2. The Labute approximate surface area is 249 Å². The summed E-state index contributed by atoms with van der Waals surface area (Å²) in [5.74, 6) is -2.21. The first-order valence-electron chi connectivity index (χ1n) is 13.7. The fourth-order valence-electron chi connectivity index (χ4n) is 4.73. The van der Waals surface area contributed by atoms with E-state index in [1.807, 2.05) is 0 Å². The Bertz CT molecular complexity index is 1450. The van der Waals surface area contributed by atoms with Crippen LogP contribution in [-0.2, 0) is 25.5 Å². The smallest absolute Gasteiger partial charge is 0.416 e. The summed E-state index contributed by atoms with van der Waals surface area (Å²) in [4.78, 5) is 38.1. The highest BCUT2D eigenvalue weighted by Gasteiger charge is 2.33. The van der Waals surface area contributed by atoms with E-state index >= 15 is 0 Å². The van der Waals surface area contributed by atoms with E-state index in [2.05, 4.69) is 22.5 Å². The highest BCUT2D eigenvalue weighted by molar-refractivity contribution is 7.91. The standard InChI is InChI=1S/C30H36F3N3O6S/c1-5-19-10-13-22(14-11-19)43(40,41)18-20-8-6-7-9-24(20)35-26(37)17-34-27(38)23-16-21(30(31,32)33)12-15-25(23)36-28(39)42-29(2,3)4/h5,10-16,20,24H,1,6-9,17-18H2,2-4H3,(H,34,38)(H,35,37)(H,36,39)/t20-,24+/m1/s1. The molecule has 43 heavy (non-hydrogen) atoms. The fraction of sp³-hybridized carbons (Fsp3) is 0.433. The van der Waals surface area contributed by atoms with E-state index in [9.17, 15) is 36.0 Å². The topological polar surface area (TPSA) is 131 Å². The Kier molecular flexibility index (Phi) is 10.7. The zero-order valence-corrected chi connectivity index (χ0v) is 25.0. The average molecular weight is 624 g/mol. The fourth-order valence-corrected chi connectivity index (χ4v) is 6.44. The molecule has 2 atom stereocenters. The van der Waals surface area contributed by atoms with Crippen LogP contribution in [-0.4, -0.2) is 50.3 Å². The highest BCUT2D eigenvalue weighted by Crippen LogP contribution is 2.32. The molecule has 0 aromatic heterocycles. The first-order valence-corrected chi connectivity index (χ1v) is 15.4. The van der Waals surface area contributed by atoms with E-state index in [0.29, 0.717) is 25.0 Å². The van der Waals surface area contributed by atoms with Gasteiger partial charge in [0.1, 0.15) is 5.60 Å². The molecule has 13 heteroatoms. The zero-order valence-electron chi connectivity index (χ0n) is 24.2. The van der Waals surface area contributed by atoms with Gasteiger partial charge in [-0.2, -0.15) is 13.2 Å². The van der Waals surface area contributed by atoms with Crippen molar-refractivity contribution in [3.05, 3.63) is 65.7 Å². The van der Waals surface area contributed by atoms with Crippen molar-refractivity contribution in [3.8, 4) is 0 Å². The molecule has 2 aromatic rings. The highest BCUT2D eigenvalue weighted by atomic mass is 32.2. The second kappa shape index (κ2) is 13.6. The molecule has 0 unspecified atom stereocenters. The van der Waals surface area contributed by atoms with Crippen LogP contribution in [0.2, 0.25) is 0 Å². The maximum Gasteiger partial charge on any atom is 0.416 e. The predicted octanol–water partition coefficient (Wildman–Crippen LogP) is 5.57. The molecule has 1 saturated carbocycles. The monoisotopic (exact) mass is 623 g/mol. The third kappa shape index (κ3) is 9.84. The van der Waals surface area contributed by atoms with Gasteiger partial charge in [0.25, 0.3) is 5.91 Å². The van der Waals surface area contributed by atoms with Crippen LogP contribution in [0, 0.1) is 5.92 Å². The van der Waals surface area contributed by atoms with Gasteiger partial charge in [-0.15, -0.1) is 0 Å². The molecule has 0 radical (unpaired) electrons. The van der Waals surface area contributed by atoms with Crippen molar-refractivity contribution in [2.24, 2.45) is 5.92 Å². The molecular weight excluding hydrogens is 587 g/mol. The lowest BCUT2D eigenvalue weighted by Gasteiger charge is -2.32. The summed E-state index contributed by atoms with van der Waals surface area (Å²) in [7, 11) is -3.65. The minimum Gasteiger partial charge on any atom is -0.444 e. The van der Waals surface area contributed by atoms with Crippen molar-refractivity contribution in [3.63, 3.8) is 0 Å². The number of halogens is 3. The van der Waals surface area contributed by atoms with E-state index in [0.717, 1.165) is 24.5 Å². The number of carbonyl (C=O) groups excluding carboxylic acids is 3. The molecule has 0 heterocycles. The van der Waals surface area contributed by atoms with Crippen molar-refractivity contribution in [2.75, 3.05) is 17.6 Å². The van der Waals surface area contributed by atoms with Crippen LogP contribution in [0.3, 0.4) is 0 Å². The van der Waals surface area contributed by atoms with Gasteiger partial charge in [0, 0.05) is 6.04 Å². The van der Waals surface area contributed by atoms with E-state index in [1.54, 1.807) is 39.0 Å². The second-order valence-electron chi connectivity index (χ2n) is 11.3. The van der Waals surface area contributed by atoms with Gasteiger partial charge in [0.15, 0.2) is 9.84 Å². The van der Waals surface area contributed by atoms with Crippen molar-refractivity contribution >= 4 is 39.5 Å². The summed E-state index contributed by atoms with van der Waals surface area (Å²) in [6, 6.07) is 8.07. The van der Waals surface area contributed by atoms with Crippen LogP contribution < -0.4 is 16.0 Å². The Hall–Kier alpha value is -3.87. The van der Waals surface area contributed by atoms with Crippen LogP contribution in [0.25, 0.3) is 6.08 Å². The summed E-state index contributed by atoms with van der Waals surface area (Å²) in [6.07, 6.45) is -1.46. The van der Waals surface area contributed by atoms with Gasteiger partial charge in [0.2, 0.25) is 5.91 Å². The minimum absolute atomic E-state index is 0.165.